The Kier molecular flexibility index (Phi) is 7.47. The maximum absolute atomic E-state index is 12.7. The van der Waals surface area contributed by atoms with Crippen LogP contribution in [0.4, 0.5) is 0 Å². The van der Waals surface area contributed by atoms with Crippen LogP contribution < -0.4 is 0 Å². The number of carbonyl (C=O) groups excluding carboxylic acids is 2. The molecule has 1 unspecified atom stereocenters. The molecule has 6 nitrogen and oxygen atoms in total. The van der Waals surface area contributed by atoms with E-state index in [2.05, 4.69) is 20.9 Å². The van der Waals surface area contributed by atoms with Crippen molar-refractivity contribution >= 4 is 27.8 Å². The van der Waals surface area contributed by atoms with Crippen molar-refractivity contribution in [1.29, 1.82) is 0 Å². The molecule has 1 atom stereocenters. The molecule has 0 aliphatic rings. The van der Waals surface area contributed by atoms with Crippen LogP contribution in [0.3, 0.4) is 0 Å². The number of nitrogens with zero attached hydrogens (tertiary/aromatic N) is 3. The van der Waals surface area contributed by atoms with Crippen molar-refractivity contribution < 1.29 is 14.3 Å². The number of hydrogen-bond donors (Lipinski definition) is 0. The third kappa shape index (κ3) is 5.73. The first-order valence-corrected chi connectivity index (χ1v) is 7.76. The number of aromatic nitrogens is 1. The Morgan fingerprint density at radius 3 is 2.55 bits per heavy atom. The molecule has 0 saturated carbocycles. The molecule has 0 saturated heterocycles. The summed E-state index contributed by atoms with van der Waals surface area (Å²) >= 11 is 3.31. The van der Waals surface area contributed by atoms with E-state index < -0.39 is 0 Å². The molecular formula is C15H22BrN3O3. The van der Waals surface area contributed by atoms with Crippen LogP contribution in [0.15, 0.2) is 22.9 Å². The molecule has 0 N–H and O–H groups in total. The molecule has 7 heteroatoms. The average Bonchev–Trinajstić information content (AvgIpc) is 2.49. The average molecular weight is 372 g/mol. The number of methoxy groups -OCH3 is 1. The Bertz CT molecular complexity index is 523. The highest BCUT2D eigenvalue weighted by molar-refractivity contribution is 9.10. The van der Waals surface area contributed by atoms with Crippen molar-refractivity contribution in [3.05, 3.63) is 28.5 Å². The van der Waals surface area contributed by atoms with E-state index in [1.54, 1.807) is 24.1 Å². The van der Waals surface area contributed by atoms with Crippen LogP contribution in [-0.4, -0.2) is 67.5 Å². The predicted octanol–water partition coefficient (Wildman–Crippen LogP) is 1.66. The van der Waals surface area contributed by atoms with Gasteiger partial charge >= 0.3 is 5.97 Å². The number of carbonyl (C=O) groups is 2. The molecule has 0 spiro atoms. The van der Waals surface area contributed by atoms with Crippen molar-refractivity contribution in [2.45, 2.75) is 6.92 Å². The minimum absolute atomic E-state index is 0.147. The van der Waals surface area contributed by atoms with Gasteiger partial charge in [-0.15, -0.1) is 0 Å². The highest BCUT2D eigenvalue weighted by atomic mass is 79.9. The monoisotopic (exact) mass is 371 g/mol. The zero-order chi connectivity index (χ0) is 16.7. The Labute approximate surface area is 139 Å². The summed E-state index contributed by atoms with van der Waals surface area (Å²) in [6.45, 7) is 3.30. The van der Waals surface area contributed by atoms with Gasteiger partial charge in [-0.25, -0.2) is 0 Å². The lowest BCUT2D eigenvalue weighted by atomic mass is 10.1. The summed E-state index contributed by atoms with van der Waals surface area (Å²) < 4.78 is 5.48. The van der Waals surface area contributed by atoms with Gasteiger partial charge in [0.05, 0.1) is 18.6 Å². The third-order valence-corrected chi connectivity index (χ3v) is 3.59. The maximum atomic E-state index is 12.7. The molecule has 0 aliphatic heterocycles. The third-order valence-electron chi connectivity index (χ3n) is 3.15. The van der Waals surface area contributed by atoms with Crippen LogP contribution >= 0.6 is 15.9 Å². The normalized spacial score (nSPS) is 12.1. The fourth-order valence-corrected chi connectivity index (χ4v) is 2.28. The van der Waals surface area contributed by atoms with E-state index in [0.717, 1.165) is 4.47 Å². The van der Waals surface area contributed by atoms with E-state index in [9.17, 15) is 9.59 Å². The molecule has 0 fully saturated rings. The number of pyridine rings is 1. The molecule has 0 bridgehead atoms. The van der Waals surface area contributed by atoms with Gasteiger partial charge in [0.2, 0.25) is 0 Å². The molecule has 0 aromatic carbocycles. The number of esters is 1. The second kappa shape index (κ2) is 8.85. The predicted molar refractivity (Wildman–Crippen MR) is 87.6 cm³/mol. The number of amides is 1. The van der Waals surface area contributed by atoms with E-state index >= 15 is 0 Å². The largest absolute Gasteiger partial charge is 0.469 e. The van der Waals surface area contributed by atoms with E-state index in [1.807, 2.05) is 19.0 Å². The van der Waals surface area contributed by atoms with E-state index in [4.69, 9.17) is 4.74 Å². The molecule has 1 aromatic rings. The summed E-state index contributed by atoms with van der Waals surface area (Å²) in [5, 5.41) is 0. The summed E-state index contributed by atoms with van der Waals surface area (Å²) in [5.74, 6) is -0.849. The lowest BCUT2D eigenvalue weighted by Crippen LogP contribution is -2.41. The fraction of sp³-hybridized carbons (Fsp3) is 0.533. The van der Waals surface area contributed by atoms with Crippen LogP contribution in [0.1, 0.15) is 17.3 Å². The van der Waals surface area contributed by atoms with Gasteiger partial charge in [0.15, 0.2) is 0 Å². The van der Waals surface area contributed by atoms with Gasteiger partial charge in [-0.1, -0.05) is 6.92 Å². The van der Waals surface area contributed by atoms with E-state index in [0.29, 0.717) is 25.2 Å². The van der Waals surface area contributed by atoms with Crippen LogP contribution in [0.5, 0.6) is 0 Å². The van der Waals surface area contributed by atoms with E-state index in [-0.39, 0.29) is 17.8 Å². The van der Waals surface area contributed by atoms with Gasteiger partial charge in [0, 0.05) is 36.5 Å². The van der Waals surface area contributed by atoms with Crippen LogP contribution in [-0.2, 0) is 9.53 Å². The highest BCUT2D eigenvalue weighted by Gasteiger charge is 2.22. The highest BCUT2D eigenvalue weighted by Crippen LogP contribution is 2.13. The fourth-order valence-electron chi connectivity index (χ4n) is 1.91. The first-order chi connectivity index (χ1) is 10.3. The Morgan fingerprint density at radius 2 is 2.00 bits per heavy atom. The van der Waals surface area contributed by atoms with Crippen LogP contribution in [0.2, 0.25) is 0 Å². The Morgan fingerprint density at radius 1 is 1.32 bits per heavy atom. The van der Waals surface area contributed by atoms with Crippen molar-refractivity contribution in [3.8, 4) is 0 Å². The molecule has 0 aliphatic carbocycles. The zero-order valence-electron chi connectivity index (χ0n) is 13.4. The molecular weight excluding hydrogens is 350 g/mol. The summed E-state index contributed by atoms with van der Waals surface area (Å²) in [6, 6.07) is 1.72. The molecule has 1 amide bonds. The minimum Gasteiger partial charge on any atom is -0.469 e. The maximum Gasteiger partial charge on any atom is 0.310 e. The summed E-state index contributed by atoms with van der Waals surface area (Å²) in [6.07, 6.45) is 3.15. The van der Waals surface area contributed by atoms with Crippen LogP contribution in [0.25, 0.3) is 0 Å². The van der Waals surface area contributed by atoms with Gasteiger partial charge in [-0.2, -0.15) is 0 Å². The molecule has 22 heavy (non-hydrogen) atoms. The first-order valence-electron chi connectivity index (χ1n) is 6.97. The molecule has 1 heterocycles. The van der Waals surface area contributed by atoms with Gasteiger partial charge in [-0.3, -0.25) is 14.6 Å². The number of likely N-dealkylation sites (N-methyl/N-ethyl adjacent to an activating group) is 1. The number of rotatable bonds is 7. The van der Waals surface area contributed by atoms with Gasteiger partial charge in [0.25, 0.3) is 5.91 Å². The minimum atomic E-state index is -0.378. The van der Waals surface area contributed by atoms with Crippen molar-refractivity contribution in [2.24, 2.45) is 5.92 Å². The quantitative estimate of drug-likeness (QED) is 0.682. The first kappa shape index (κ1) is 18.6. The molecule has 1 rings (SSSR count). The second-order valence-electron chi connectivity index (χ2n) is 5.37. The SMILES string of the molecule is COC(=O)C(C)CN(CCN(C)C)C(=O)c1cncc(Br)c1. The number of hydrogen-bond acceptors (Lipinski definition) is 5. The van der Waals surface area contributed by atoms with Gasteiger partial charge in [0.1, 0.15) is 0 Å². The zero-order valence-corrected chi connectivity index (χ0v) is 15.0. The van der Waals surface area contributed by atoms with Gasteiger partial charge < -0.3 is 14.5 Å². The Hall–Kier alpha value is -1.47. The molecule has 0 radical (unpaired) electrons. The molecule has 122 valence electrons. The van der Waals surface area contributed by atoms with E-state index in [1.165, 1.54) is 13.3 Å². The summed E-state index contributed by atoms with van der Waals surface area (Å²) in [4.78, 5) is 31.9. The lowest BCUT2D eigenvalue weighted by Gasteiger charge is -2.26. The van der Waals surface area contributed by atoms with Gasteiger partial charge in [-0.05, 0) is 36.1 Å². The Balaban J connectivity index is 2.88. The lowest BCUT2D eigenvalue weighted by molar-refractivity contribution is -0.145. The molecule has 1 aromatic heterocycles. The number of ether oxygens (including phenoxy) is 1. The number of halogens is 1. The van der Waals surface area contributed by atoms with Crippen molar-refractivity contribution in [3.63, 3.8) is 0 Å². The summed E-state index contributed by atoms with van der Waals surface area (Å²) in [5.41, 5.74) is 0.491. The van der Waals surface area contributed by atoms with Crippen LogP contribution in [0, 0.1) is 5.92 Å². The smallest absolute Gasteiger partial charge is 0.310 e. The standard InChI is InChI=1S/C15H22BrN3O3/c1-11(15(21)22-4)10-19(6-5-18(2)3)14(20)12-7-13(16)9-17-8-12/h7-9,11H,5-6,10H2,1-4H3. The topological polar surface area (TPSA) is 62.7 Å². The van der Waals surface area contributed by atoms with Crippen molar-refractivity contribution in [2.75, 3.05) is 40.8 Å². The van der Waals surface area contributed by atoms with Crippen molar-refractivity contribution in [1.82, 2.24) is 14.8 Å². The summed E-state index contributed by atoms with van der Waals surface area (Å²) in [7, 11) is 5.23. The second-order valence-corrected chi connectivity index (χ2v) is 6.29.